The first kappa shape index (κ1) is 10.3. The van der Waals surface area contributed by atoms with E-state index in [0.29, 0.717) is 11.5 Å². The number of halogens is 1. The minimum Gasteiger partial charge on any atom is -0.378 e. The van der Waals surface area contributed by atoms with Gasteiger partial charge in [-0.25, -0.2) is 0 Å². The highest BCUT2D eigenvalue weighted by Gasteiger charge is 2.50. The Balaban J connectivity index is 2.22. The topological polar surface area (TPSA) is 9.23 Å². The van der Waals surface area contributed by atoms with Crippen LogP contribution in [-0.2, 0) is 4.74 Å². The average molecular weight is 191 g/mol. The van der Waals surface area contributed by atoms with Gasteiger partial charge in [0.15, 0.2) is 0 Å². The van der Waals surface area contributed by atoms with Crippen LogP contribution in [0.5, 0.6) is 0 Å². The Morgan fingerprint density at radius 3 is 2.58 bits per heavy atom. The Hall–Kier alpha value is 0.250. The van der Waals surface area contributed by atoms with Crippen molar-refractivity contribution < 1.29 is 4.74 Å². The molecule has 0 radical (unpaired) electrons. The molecule has 1 saturated carbocycles. The van der Waals surface area contributed by atoms with Crippen molar-refractivity contribution in [3.63, 3.8) is 0 Å². The molecule has 0 saturated heterocycles. The van der Waals surface area contributed by atoms with Gasteiger partial charge in [0, 0.05) is 11.3 Å². The molecule has 1 fully saturated rings. The molecule has 0 bridgehead atoms. The second-order valence-electron chi connectivity index (χ2n) is 4.13. The van der Waals surface area contributed by atoms with Gasteiger partial charge < -0.3 is 4.74 Å². The Morgan fingerprint density at radius 2 is 2.25 bits per heavy atom. The minimum absolute atomic E-state index is 0.324. The predicted molar refractivity (Wildman–Crippen MR) is 52.6 cm³/mol. The molecule has 0 spiro atoms. The standard InChI is InChI=1S/C10H19ClO/c1-4-9(3)12-7-10(6-11)5-8(10)2/h8-9H,4-7H2,1-3H3. The highest BCUT2D eigenvalue weighted by Crippen LogP contribution is 2.53. The first-order valence-corrected chi connectivity index (χ1v) is 5.35. The van der Waals surface area contributed by atoms with Gasteiger partial charge in [0.2, 0.25) is 0 Å². The Kier molecular flexibility index (Phi) is 3.42. The van der Waals surface area contributed by atoms with Crippen molar-refractivity contribution in [1.29, 1.82) is 0 Å². The molecule has 3 atom stereocenters. The molecule has 1 aliphatic rings. The van der Waals surface area contributed by atoms with Crippen molar-refractivity contribution in [2.45, 2.75) is 39.7 Å². The summed E-state index contributed by atoms with van der Waals surface area (Å²) in [7, 11) is 0. The first-order valence-electron chi connectivity index (χ1n) is 4.82. The van der Waals surface area contributed by atoms with Crippen molar-refractivity contribution >= 4 is 11.6 Å². The van der Waals surface area contributed by atoms with Gasteiger partial charge in [-0.2, -0.15) is 0 Å². The van der Waals surface area contributed by atoms with E-state index in [1.165, 1.54) is 6.42 Å². The van der Waals surface area contributed by atoms with Gasteiger partial charge in [-0.05, 0) is 25.7 Å². The van der Waals surface area contributed by atoms with Gasteiger partial charge in [0.05, 0.1) is 12.7 Å². The van der Waals surface area contributed by atoms with E-state index in [4.69, 9.17) is 16.3 Å². The number of hydrogen-bond acceptors (Lipinski definition) is 1. The third-order valence-corrected chi connectivity index (χ3v) is 3.63. The van der Waals surface area contributed by atoms with E-state index >= 15 is 0 Å². The van der Waals surface area contributed by atoms with E-state index in [-0.39, 0.29) is 0 Å². The average Bonchev–Trinajstić information content (AvgIpc) is 2.74. The van der Waals surface area contributed by atoms with Crippen molar-refractivity contribution in [1.82, 2.24) is 0 Å². The van der Waals surface area contributed by atoms with Crippen LogP contribution < -0.4 is 0 Å². The van der Waals surface area contributed by atoms with Gasteiger partial charge in [-0.1, -0.05) is 13.8 Å². The normalized spacial score (nSPS) is 36.5. The molecule has 0 N–H and O–H groups in total. The second kappa shape index (κ2) is 3.97. The van der Waals surface area contributed by atoms with E-state index in [1.807, 2.05) is 0 Å². The van der Waals surface area contributed by atoms with E-state index in [2.05, 4.69) is 20.8 Å². The van der Waals surface area contributed by atoms with Gasteiger partial charge in [-0.3, -0.25) is 0 Å². The summed E-state index contributed by atoms with van der Waals surface area (Å²) in [6, 6.07) is 0. The first-order chi connectivity index (χ1) is 5.64. The van der Waals surface area contributed by atoms with Crippen LogP contribution in [0.25, 0.3) is 0 Å². The Bertz CT molecular complexity index is 145. The molecule has 0 amide bonds. The number of hydrogen-bond donors (Lipinski definition) is 0. The lowest BCUT2D eigenvalue weighted by molar-refractivity contribution is 0.0328. The fourth-order valence-corrected chi connectivity index (χ4v) is 1.85. The maximum absolute atomic E-state index is 5.90. The molecule has 0 heterocycles. The number of alkyl halides is 1. The SMILES string of the molecule is CCC(C)OCC1(CCl)CC1C. The van der Waals surface area contributed by atoms with Crippen molar-refractivity contribution in [3.8, 4) is 0 Å². The van der Waals surface area contributed by atoms with Crippen LogP contribution in [0.4, 0.5) is 0 Å². The highest BCUT2D eigenvalue weighted by atomic mass is 35.5. The molecule has 2 heteroatoms. The molecule has 0 aromatic heterocycles. The van der Waals surface area contributed by atoms with Crippen LogP contribution in [0.15, 0.2) is 0 Å². The second-order valence-corrected chi connectivity index (χ2v) is 4.40. The lowest BCUT2D eigenvalue weighted by atomic mass is 10.1. The molecule has 0 aromatic carbocycles. The maximum atomic E-state index is 5.90. The molecule has 3 unspecified atom stereocenters. The van der Waals surface area contributed by atoms with Gasteiger partial charge >= 0.3 is 0 Å². The summed E-state index contributed by atoms with van der Waals surface area (Å²) in [6.07, 6.45) is 2.72. The molecule has 0 aromatic rings. The van der Waals surface area contributed by atoms with Crippen LogP contribution in [0.3, 0.4) is 0 Å². The summed E-state index contributed by atoms with van der Waals surface area (Å²) in [6.45, 7) is 7.37. The summed E-state index contributed by atoms with van der Waals surface area (Å²) in [5.74, 6) is 1.52. The predicted octanol–water partition coefficient (Wildman–Crippen LogP) is 3.07. The van der Waals surface area contributed by atoms with Crippen LogP contribution in [0.2, 0.25) is 0 Å². The summed E-state index contributed by atoms with van der Waals surface area (Å²) in [5, 5.41) is 0. The molecule has 1 nitrogen and oxygen atoms in total. The quantitative estimate of drug-likeness (QED) is 0.606. The van der Waals surface area contributed by atoms with Gasteiger partial charge in [0.25, 0.3) is 0 Å². The molecule has 72 valence electrons. The highest BCUT2D eigenvalue weighted by molar-refractivity contribution is 6.18. The summed E-state index contributed by atoms with van der Waals surface area (Å²) < 4.78 is 5.70. The van der Waals surface area contributed by atoms with Gasteiger partial charge in [0.1, 0.15) is 0 Å². The fraction of sp³-hybridized carbons (Fsp3) is 1.00. The fourth-order valence-electron chi connectivity index (χ4n) is 1.40. The molecule has 0 aliphatic heterocycles. The van der Waals surface area contributed by atoms with Crippen molar-refractivity contribution in [2.75, 3.05) is 12.5 Å². The lowest BCUT2D eigenvalue weighted by Crippen LogP contribution is -2.19. The minimum atomic E-state index is 0.324. The molecule has 1 aliphatic carbocycles. The molecular weight excluding hydrogens is 172 g/mol. The molecule has 1 rings (SSSR count). The van der Waals surface area contributed by atoms with Crippen LogP contribution in [-0.4, -0.2) is 18.6 Å². The Morgan fingerprint density at radius 1 is 1.67 bits per heavy atom. The lowest BCUT2D eigenvalue weighted by Gasteiger charge is -2.17. The van der Waals surface area contributed by atoms with E-state index in [1.54, 1.807) is 0 Å². The van der Waals surface area contributed by atoms with Crippen LogP contribution in [0.1, 0.15) is 33.6 Å². The summed E-state index contributed by atoms with van der Waals surface area (Å²) in [5.41, 5.74) is 0.324. The van der Waals surface area contributed by atoms with Crippen LogP contribution in [0, 0.1) is 11.3 Å². The van der Waals surface area contributed by atoms with Crippen molar-refractivity contribution in [2.24, 2.45) is 11.3 Å². The van der Waals surface area contributed by atoms with Crippen LogP contribution >= 0.6 is 11.6 Å². The number of ether oxygens (including phenoxy) is 1. The smallest absolute Gasteiger partial charge is 0.0544 e. The van der Waals surface area contributed by atoms with E-state index in [9.17, 15) is 0 Å². The third kappa shape index (κ3) is 2.14. The van der Waals surface area contributed by atoms with E-state index in [0.717, 1.165) is 24.8 Å². The zero-order valence-electron chi connectivity index (χ0n) is 8.27. The molecular formula is C10H19ClO. The Labute approximate surface area is 80.4 Å². The van der Waals surface area contributed by atoms with Crippen molar-refractivity contribution in [3.05, 3.63) is 0 Å². The van der Waals surface area contributed by atoms with E-state index < -0.39 is 0 Å². The van der Waals surface area contributed by atoms with Gasteiger partial charge in [-0.15, -0.1) is 11.6 Å². The maximum Gasteiger partial charge on any atom is 0.0544 e. The third-order valence-electron chi connectivity index (χ3n) is 3.09. The summed E-state index contributed by atoms with van der Waals surface area (Å²) in [4.78, 5) is 0. The summed E-state index contributed by atoms with van der Waals surface area (Å²) >= 11 is 5.90. The largest absolute Gasteiger partial charge is 0.378 e. The zero-order valence-corrected chi connectivity index (χ0v) is 9.03. The molecule has 12 heavy (non-hydrogen) atoms. The number of rotatable bonds is 5. The zero-order chi connectivity index (χ0) is 9.19. The monoisotopic (exact) mass is 190 g/mol.